The van der Waals surface area contributed by atoms with Crippen molar-refractivity contribution in [1.82, 2.24) is 4.90 Å². The van der Waals surface area contributed by atoms with Gasteiger partial charge in [-0.1, -0.05) is 46.3 Å². The number of ether oxygens (including phenoxy) is 1. The summed E-state index contributed by atoms with van der Waals surface area (Å²) in [5.41, 5.74) is 2.76. The van der Waals surface area contributed by atoms with Gasteiger partial charge in [-0.3, -0.25) is 14.4 Å². The van der Waals surface area contributed by atoms with Crippen LogP contribution in [0.2, 0.25) is 0 Å². The Morgan fingerprint density at radius 3 is 2.61 bits per heavy atom. The molecule has 38 heavy (non-hydrogen) atoms. The molecule has 1 aromatic rings. The van der Waals surface area contributed by atoms with Crippen molar-refractivity contribution in [2.24, 2.45) is 11.8 Å². The molecule has 0 saturated carbocycles. The molecule has 3 heterocycles. The highest BCUT2D eigenvalue weighted by atomic mass is 79.9. The lowest BCUT2D eigenvalue weighted by molar-refractivity contribution is -0.154. The third kappa shape index (κ3) is 4.86. The number of hydrogen-bond donors (Lipinski definition) is 1. The second-order valence-corrected chi connectivity index (χ2v) is 13.1. The average Bonchev–Trinajstić information content (AvgIpc) is 3.47. The summed E-state index contributed by atoms with van der Waals surface area (Å²) in [5.74, 6) is -1.96. The van der Waals surface area contributed by atoms with E-state index < -0.39 is 22.6 Å². The molecule has 2 amide bonds. The first kappa shape index (κ1) is 28.9. The van der Waals surface area contributed by atoms with Crippen molar-refractivity contribution in [3.05, 3.63) is 54.6 Å². The number of carbonyl (C=O) groups excluding carboxylic acids is 3. The molecule has 1 N–H and O–H groups in total. The summed E-state index contributed by atoms with van der Waals surface area (Å²) < 4.78 is 4.83. The van der Waals surface area contributed by atoms with E-state index in [0.717, 1.165) is 16.8 Å². The maximum absolute atomic E-state index is 14.6. The fourth-order valence-corrected chi connectivity index (χ4v) is 10.0. The van der Waals surface area contributed by atoms with Crippen LogP contribution in [0.25, 0.3) is 0 Å². The molecule has 6 atom stereocenters. The Morgan fingerprint density at radius 2 is 1.97 bits per heavy atom. The molecule has 3 aliphatic heterocycles. The highest BCUT2D eigenvalue weighted by Gasteiger charge is 2.76. The predicted molar refractivity (Wildman–Crippen MR) is 154 cm³/mol. The summed E-state index contributed by atoms with van der Waals surface area (Å²) in [6.45, 7) is 12.4. The summed E-state index contributed by atoms with van der Waals surface area (Å²) in [5, 5.41) is 9.25. The normalized spacial score (nSPS) is 29.3. The number of carbonyl (C=O) groups is 3. The van der Waals surface area contributed by atoms with E-state index in [0.29, 0.717) is 38.8 Å². The number of alkyl halides is 1. The van der Waals surface area contributed by atoms with Gasteiger partial charge in [0.1, 0.15) is 6.04 Å². The van der Waals surface area contributed by atoms with Crippen molar-refractivity contribution >= 4 is 51.2 Å². The topological polar surface area (TPSA) is 87.2 Å². The monoisotopic (exact) mass is 604 g/mol. The molecule has 4 rings (SSSR count). The first-order valence-corrected chi connectivity index (χ1v) is 15.0. The van der Waals surface area contributed by atoms with Crippen LogP contribution in [0.1, 0.15) is 36.8 Å². The van der Waals surface area contributed by atoms with Crippen molar-refractivity contribution < 1.29 is 24.2 Å². The Labute approximate surface area is 237 Å². The number of unbranched alkanes of at least 4 members (excludes halogenated alkanes) is 1. The van der Waals surface area contributed by atoms with Gasteiger partial charge in [-0.2, -0.15) is 0 Å². The highest BCUT2D eigenvalue weighted by molar-refractivity contribution is 9.09. The minimum absolute atomic E-state index is 0.0127. The van der Waals surface area contributed by atoms with E-state index in [9.17, 15) is 19.5 Å². The molecule has 206 valence electrons. The van der Waals surface area contributed by atoms with Crippen molar-refractivity contribution in [3.8, 4) is 0 Å². The maximum atomic E-state index is 14.6. The summed E-state index contributed by atoms with van der Waals surface area (Å²) in [6.07, 6.45) is 5.64. The van der Waals surface area contributed by atoms with Gasteiger partial charge in [0.05, 0.1) is 23.2 Å². The van der Waals surface area contributed by atoms with Gasteiger partial charge in [-0.15, -0.1) is 24.9 Å². The number of fused-ring (bicyclic) bond motifs is 1. The number of hydrogen-bond acceptors (Lipinski definition) is 6. The Morgan fingerprint density at radius 1 is 1.26 bits per heavy atom. The fraction of sp³-hybridized carbons (Fsp3) is 0.552. The predicted octanol–water partition coefficient (Wildman–Crippen LogP) is 4.18. The van der Waals surface area contributed by atoms with E-state index in [4.69, 9.17) is 4.74 Å². The van der Waals surface area contributed by atoms with Gasteiger partial charge in [0.25, 0.3) is 5.91 Å². The van der Waals surface area contributed by atoms with Crippen LogP contribution in [0.3, 0.4) is 0 Å². The summed E-state index contributed by atoms with van der Waals surface area (Å²) in [7, 11) is 0. The van der Waals surface area contributed by atoms with Crippen molar-refractivity contribution in [2.45, 2.75) is 60.4 Å². The van der Waals surface area contributed by atoms with E-state index in [1.807, 2.05) is 32.0 Å². The molecule has 0 aromatic heterocycles. The number of nitrogens with zero attached hydrogens (tertiary/aromatic N) is 2. The number of esters is 1. The van der Waals surface area contributed by atoms with Gasteiger partial charge >= 0.3 is 5.97 Å². The van der Waals surface area contributed by atoms with Crippen LogP contribution in [-0.2, 0) is 19.1 Å². The fourth-order valence-electron chi connectivity index (χ4n) is 6.45. The minimum atomic E-state index is -0.746. The lowest BCUT2D eigenvalue weighted by atomic mass is 9.71. The van der Waals surface area contributed by atoms with Gasteiger partial charge in [-0.05, 0) is 50.7 Å². The Balaban J connectivity index is 1.77. The van der Waals surface area contributed by atoms with Crippen LogP contribution in [0, 0.1) is 25.7 Å². The number of halogens is 1. The number of aliphatic hydroxyl groups is 1. The maximum Gasteiger partial charge on any atom is 0.310 e. The lowest BCUT2D eigenvalue weighted by Crippen LogP contribution is -2.56. The van der Waals surface area contributed by atoms with Gasteiger partial charge in [0.15, 0.2) is 0 Å². The van der Waals surface area contributed by atoms with Crippen molar-refractivity contribution in [2.75, 3.05) is 31.2 Å². The van der Waals surface area contributed by atoms with Crippen molar-refractivity contribution in [1.29, 1.82) is 0 Å². The van der Waals surface area contributed by atoms with Gasteiger partial charge in [-0.25, -0.2) is 0 Å². The molecule has 1 spiro atoms. The average molecular weight is 606 g/mol. The second kappa shape index (κ2) is 12.0. The Kier molecular flexibility index (Phi) is 9.10. The quantitative estimate of drug-likeness (QED) is 0.167. The van der Waals surface area contributed by atoms with E-state index in [1.165, 1.54) is 0 Å². The van der Waals surface area contributed by atoms with Crippen LogP contribution in [0.15, 0.2) is 43.5 Å². The zero-order chi connectivity index (χ0) is 27.6. The second-order valence-electron chi connectivity index (χ2n) is 10.3. The largest absolute Gasteiger partial charge is 0.465 e. The third-order valence-electron chi connectivity index (χ3n) is 7.96. The number of likely N-dealkylation sites (tertiary alicyclic amines) is 1. The van der Waals surface area contributed by atoms with Gasteiger partial charge < -0.3 is 19.6 Å². The molecule has 3 unspecified atom stereocenters. The van der Waals surface area contributed by atoms with Crippen LogP contribution < -0.4 is 4.90 Å². The molecule has 3 aliphatic rings. The minimum Gasteiger partial charge on any atom is -0.465 e. The third-order valence-corrected chi connectivity index (χ3v) is 11.2. The molecular formula is C29H37BrN2O5S. The molecule has 0 radical (unpaired) electrons. The zero-order valence-corrected chi connectivity index (χ0v) is 24.5. The number of para-hydroxylation sites is 1. The van der Waals surface area contributed by atoms with Crippen LogP contribution in [-0.4, -0.2) is 75.0 Å². The summed E-state index contributed by atoms with van der Waals surface area (Å²) >= 11 is 5.39. The molecular weight excluding hydrogens is 568 g/mol. The number of anilines is 1. The molecule has 9 heteroatoms. The van der Waals surface area contributed by atoms with E-state index >= 15 is 0 Å². The van der Waals surface area contributed by atoms with E-state index in [-0.39, 0.29) is 41.1 Å². The molecule has 7 nitrogen and oxygen atoms in total. The highest BCUT2D eigenvalue weighted by Crippen LogP contribution is 2.68. The number of aryl methyl sites for hydroxylation is 2. The number of rotatable bonds is 12. The molecule has 3 fully saturated rings. The van der Waals surface area contributed by atoms with Crippen LogP contribution in [0.4, 0.5) is 5.69 Å². The SMILES string of the molecule is C=CCCOC(=O)[C@H]1[C@@H]2SC3(CC2Br)C(C(=O)N(CC=C)c2c(C)cccc2C)N(CCCCO)C(=O)[C@H]13. The Bertz CT molecular complexity index is 1090. The Hall–Kier alpha value is -2.10. The molecule has 1 aromatic carbocycles. The van der Waals surface area contributed by atoms with E-state index in [1.54, 1.807) is 33.7 Å². The number of amides is 2. The lowest BCUT2D eigenvalue weighted by Gasteiger charge is -2.38. The number of aliphatic hydroxyl groups excluding tert-OH is 1. The zero-order valence-electron chi connectivity index (χ0n) is 22.1. The summed E-state index contributed by atoms with van der Waals surface area (Å²) in [4.78, 5) is 45.5. The smallest absolute Gasteiger partial charge is 0.310 e. The van der Waals surface area contributed by atoms with Gasteiger partial charge in [0.2, 0.25) is 5.91 Å². The van der Waals surface area contributed by atoms with Gasteiger partial charge in [0, 0.05) is 35.5 Å². The first-order valence-electron chi connectivity index (χ1n) is 13.2. The van der Waals surface area contributed by atoms with Crippen molar-refractivity contribution in [3.63, 3.8) is 0 Å². The van der Waals surface area contributed by atoms with E-state index in [2.05, 4.69) is 29.1 Å². The molecule has 3 saturated heterocycles. The number of thioether (sulfide) groups is 1. The molecule has 2 bridgehead atoms. The first-order chi connectivity index (χ1) is 18.2. The van der Waals surface area contributed by atoms with Crippen LogP contribution >= 0.6 is 27.7 Å². The van der Waals surface area contributed by atoms with Crippen LogP contribution in [0.5, 0.6) is 0 Å². The standard InChI is InChI=1S/C29H37BrN2O5S/c1-5-7-16-37-28(36)21-22-26(34)32(14-8-9-15-33)25(29(22)17-20(30)24(21)38-29)27(35)31(13-6-2)23-18(3)11-10-12-19(23)4/h5-6,10-12,20-22,24-25,33H,1-2,7-9,13-17H2,3-4H3/t20?,21-,22+,24-,25?,29?/m1/s1. The number of benzene rings is 1. The molecule has 0 aliphatic carbocycles. The summed E-state index contributed by atoms with van der Waals surface area (Å²) in [6, 6.07) is 5.18.